The first-order valence-electron chi connectivity index (χ1n) is 7.43. The lowest BCUT2D eigenvalue weighted by atomic mass is 10.2. The van der Waals surface area contributed by atoms with Crippen molar-refractivity contribution < 1.29 is 4.42 Å². The molecule has 0 aliphatic carbocycles. The van der Waals surface area contributed by atoms with Gasteiger partial charge < -0.3 is 14.2 Å². The van der Waals surface area contributed by atoms with Crippen LogP contribution >= 0.6 is 0 Å². The van der Waals surface area contributed by atoms with E-state index in [1.165, 1.54) is 0 Å². The molecule has 0 saturated heterocycles. The number of aromatic nitrogens is 2. The van der Waals surface area contributed by atoms with E-state index in [0.29, 0.717) is 11.8 Å². The van der Waals surface area contributed by atoms with Crippen LogP contribution in [-0.2, 0) is 0 Å². The van der Waals surface area contributed by atoms with Gasteiger partial charge in [0.25, 0.3) is 0 Å². The van der Waals surface area contributed by atoms with Crippen LogP contribution in [0.25, 0.3) is 22.9 Å². The Morgan fingerprint density at radius 2 is 0.957 bits per heavy atom. The zero-order chi connectivity index (χ0) is 16.4. The number of benzene rings is 2. The van der Waals surface area contributed by atoms with Gasteiger partial charge in [0.2, 0.25) is 11.8 Å². The molecular weight excluding hydrogens is 288 g/mol. The van der Waals surface area contributed by atoms with Crippen molar-refractivity contribution in [3.8, 4) is 22.9 Å². The maximum atomic E-state index is 5.81. The molecule has 0 N–H and O–H groups in total. The minimum atomic E-state index is 0.530. The van der Waals surface area contributed by atoms with Gasteiger partial charge in [0.05, 0.1) is 0 Å². The van der Waals surface area contributed by atoms with Gasteiger partial charge in [-0.3, -0.25) is 0 Å². The summed E-state index contributed by atoms with van der Waals surface area (Å²) in [5.74, 6) is 1.06. The molecule has 3 rings (SSSR count). The van der Waals surface area contributed by atoms with Crippen LogP contribution in [-0.4, -0.2) is 38.4 Å². The molecule has 118 valence electrons. The Balaban J connectivity index is 1.85. The fourth-order valence-corrected chi connectivity index (χ4v) is 2.26. The summed E-state index contributed by atoms with van der Waals surface area (Å²) in [6.07, 6.45) is 0. The quantitative estimate of drug-likeness (QED) is 0.737. The molecule has 2 aromatic carbocycles. The second kappa shape index (κ2) is 6.12. The van der Waals surface area contributed by atoms with Crippen molar-refractivity contribution in [1.82, 2.24) is 10.2 Å². The minimum absolute atomic E-state index is 0.530. The maximum Gasteiger partial charge on any atom is 0.248 e. The molecule has 0 aliphatic heterocycles. The lowest BCUT2D eigenvalue weighted by molar-refractivity contribution is 0.584. The summed E-state index contributed by atoms with van der Waals surface area (Å²) < 4.78 is 5.81. The van der Waals surface area contributed by atoms with Gasteiger partial charge in [-0.1, -0.05) is 0 Å². The zero-order valence-electron chi connectivity index (χ0n) is 13.8. The van der Waals surface area contributed by atoms with E-state index >= 15 is 0 Å². The largest absolute Gasteiger partial charge is 0.416 e. The second-order valence-electron chi connectivity index (χ2n) is 5.79. The molecular formula is C18H20N4O. The standard InChI is InChI=1S/C18H20N4O/c1-21(2)15-9-5-13(6-10-15)17-19-20-18(23-17)14-7-11-16(12-8-14)22(3)4/h5-12H,1-4H3. The van der Waals surface area contributed by atoms with Crippen LogP contribution in [0.4, 0.5) is 11.4 Å². The van der Waals surface area contributed by atoms with Crippen molar-refractivity contribution in [2.24, 2.45) is 0 Å². The fourth-order valence-electron chi connectivity index (χ4n) is 2.26. The lowest BCUT2D eigenvalue weighted by Gasteiger charge is -2.12. The molecule has 0 amide bonds. The Morgan fingerprint density at radius 1 is 0.609 bits per heavy atom. The molecule has 5 heteroatoms. The zero-order valence-corrected chi connectivity index (χ0v) is 13.8. The van der Waals surface area contributed by atoms with Gasteiger partial charge in [0, 0.05) is 50.7 Å². The van der Waals surface area contributed by atoms with Gasteiger partial charge in [0.15, 0.2) is 0 Å². The monoisotopic (exact) mass is 308 g/mol. The summed E-state index contributed by atoms with van der Waals surface area (Å²) in [7, 11) is 8.04. The average molecular weight is 308 g/mol. The van der Waals surface area contributed by atoms with Gasteiger partial charge in [-0.15, -0.1) is 10.2 Å². The smallest absolute Gasteiger partial charge is 0.248 e. The molecule has 5 nitrogen and oxygen atoms in total. The number of rotatable bonds is 4. The predicted octanol–water partition coefficient (Wildman–Crippen LogP) is 3.54. The summed E-state index contributed by atoms with van der Waals surface area (Å²) in [4.78, 5) is 4.10. The van der Waals surface area contributed by atoms with Crippen molar-refractivity contribution in [1.29, 1.82) is 0 Å². The van der Waals surface area contributed by atoms with E-state index < -0.39 is 0 Å². The molecule has 0 radical (unpaired) electrons. The van der Waals surface area contributed by atoms with Crippen LogP contribution in [0.1, 0.15) is 0 Å². The Morgan fingerprint density at radius 3 is 1.26 bits per heavy atom. The van der Waals surface area contributed by atoms with Gasteiger partial charge in [0.1, 0.15) is 0 Å². The molecule has 23 heavy (non-hydrogen) atoms. The van der Waals surface area contributed by atoms with E-state index in [2.05, 4.69) is 20.0 Å². The normalized spacial score (nSPS) is 10.6. The van der Waals surface area contributed by atoms with Crippen molar-refractivity contribution in [3.05, 3.63) is 48.5 Å². The summed E-state index contributed by atoms with van der Waals surface area (Å²) in [6, 6.07) is 16.1. The molecule has 0 fully saturated rings. The predicted molar refractivity (Wildman–Crippen MR) is 93.8 cm³/mol. The topological polar surface area (TPSA) is 45.4 Å². The first kappa shape index (κ1) is 15.1. The van der Waals surface area contributed by atoms with E-state index in [-0.39, 0.29) is 0 Å². The van der Waals surface area contributed by atoms with Crippen molar-refractivity contribution in [2.75, 3.05) is 38.0 Å². The molecule has 1 aromatic heterocycles. The van der Waals surface area contributed by atoms with Gasteiger partial charge >= 0.3 is 0 Å². The number of hydrogen-bond donors (Lipinski definition) is 0. The van der Waals surface area contributed by atoms with E-state index in [4.69, 9.17) is 4.42 Å². The van der Waals surface area contributed by atoms with Crippen molar-refractivity contribution >= 4 is 11.4 Å². The first-order valence-corrected chi connectivity index (χ1v) is 7.43. The first-order chi connectivity index (χ1) is 11.0. The van der Waals surface area contributed by atoms with Gasteiger partial charge in [-0.05, 0) is 48.5 Å². The van der Waals surface area contributed by atoms with Crippen LogP contribution in [0.5, 0.6) is 0 Å². The summed E-state index contributed by atoms with van der Waals surface area (Å²) in [5.41, 5.74) is 4.10. The number of anilines is 2. The molecule has 0 saturated carbocycles. The number of nitrogens with zero attached hydrogens (tertiary/aromatic N) is 4. The Labute approximate surface area is 136 Å². The number of hydrogen-bond acceptors (Lipinski definition) is 5. The summed E-state index contributed by atoms with van der Waals surface area (Å²) in [5, 5.41) is 8.31. The van der Waals surface area contributed by atoms with Gasteiger partial charge in [-0.2, -0.15) is 0 Å². The van der Waals surface area contributed by atoms with Crippen LogP contribution in [0.15, 0.2) is 52.9 Å². The third-order valence-electron chi connectivity index (χ3n) is 3.69. The third kappa shape index (κ3) is 3.18. The molecule has 0 atom stereocenters. The third-order valence-corrected chi connectivity index (χ3v) is 3.69. The highest BCUT2D eigenvalue weighted by Crippen LogP contribution is 2.26. The van der Waals surface area contributed by atoms with Crippen LogP contribution in [0, 0.1) is 0 Å². The maximum absolute atomic E-state index is 5.81. The van der Waals surface area contributed by atoms with E-state index in [9.17, 15) is 0 Å². The SMILES string of the molecule is CN(C)c1ccc(-c2nnc(-c3ccc(N(C)C)cc3)o2)cc1. The van der Waals surface area contributed by atoms with Crippen molar-refractivity contribution in [3.63, 3.8) is 0 Å². The molecule has 0 bridgehead atoms. The van der Waals surface area contributed by atoms with Gasteiger partial charge in [-0.25, -0.2) is 0 Å². The molecule has 0 aliphatic rings. The summed E-state index contributed by atoms with van der Waals surface area (Å²) in [6.45, 7) is 0. The average Bonchev–Trinajstić information content (AvgIpc) is 3.05. The Bertz CT molecular complexity index is 708. The van der Waals surface area contributed by atoms with Crippen LogP contribution in [0.2, 0.25) is 0 Å². The second-order valence-corrected chi connectivity index (χ2v) is 5.79. The van der Waals surface area contributed by atoms with Crippen molar-refractivity contribution in [2.45, 2.75) is 0 Å². The lowest BCUT2D eigenvalue weighted by Crippen LogP contribution is -2.07. The minimum Gasteiger partial charge on any atom is -0.416 e. The molecule has 3 aromatic rings. The van der Waals surface area contributed by atoms with E-state index in [0.717, 1.165) is 22.5 Å². The molecule has 1 heterocycles. The Kier molecular flexibility index (Phi) is 4.02. The highest BCUT2D eigenvalue weighted by atomic mass is 16.4. The highest BCUT2D eigenvalue weighted by Gasteiger charge is 2.11. The summed E-state index contributed by atoms with van der Waals surface area (Å²) >= 11 is 0. The van der Waals surface area contributed by atoms with E-state index in [1.807, 2.05) is 76.7 Å². The van der Waals surface area contributed by atoms with E-state index in [1.54, 1.807) is 0 Å². The Hall–Kier alpha value is -2.82. The highest BCUT2D eigenvalue weighted by molar-refractivity contribution is 5.62. The molecule has 0 spiro atoms. The molecule has 0 unspecified atom stereocenters. The fraction of sp³-hybridized carbons (Fsp3) is 0.222. The van der Waals surface area contributed by atoms with Crippen LogP contribution in [0.3, 0.4) is 0 Å². The van der Waals surface area contributed by atoms with Crippen LogP contribution < -0.4 is 9.80 Å².